The Bertz CT molecular complexity index is 671. The van der Waals surface area contributed by atoms with Gasteiger partial charge in [0.15, 0.2) is 0 Å². The summed E-state index contributed by atoms with van der Waals surface area (Å²) in [6, 6.07) is 6.68. The van der Waals surface area contributed by atoms with E-state index in [1.54, 1.807) is 18.2 Å². The Hall–Kier alpha value is -2.08. The summed E-state index contributed by atoms with van der Waals surface area (Å²) in [4.78, 5) is 37.8. The molecule has 1 aliphatic carbocycles. The summed E-state index contributed by atoms with van der Waals surface area (Å²) in [6.07, 6.45) is 4.21. The van der Waals surface area contributed by atoms with E-state index in [2.05, 4.69) is 10.6 Å². The lowest BCUT2D eigenvalue weighted by atomic mass is 9.82. The van der Waals surface area contributed by atoms with Gasteiger partial charge in [-0.3, -0.25) is 14.5 Å². The van der Waals surface area contributed by atoms with Crippen LogP contribution in [0.4, 0.5) is 4.79 Å². The molecule has 1 saturated carbocycles. The molecule has 0 radical (unpaired) electrons. The van der Waals surface area contributed by atoms with Gasteiger partial charge in [-0.15, -0.1) is 0 Å². The number of carbonyl (C=O) groups excluding carboxylic acids is 3. The maximum atomic E-state index is 12.6. The highest BCUT2D eigenvalue weighted by Crippen LogP contribution is 2.33. The molecule has 6 nitrogen and oxygen atoms in total. The second-order valence-electron chi connectivity index (χ2n) is 6.37. The quantitative estimate of drug-likeness (QED) is 0.818. The van der Waals surface area contributed by atoms with Crippen LogP contribution in [0.2, 0.25) is 5.02 Å². The largest absolute Gasteiger partial charge is 0.350 e. The summed E-state index contributed by atoms with van der Waals surface area (Å²) in [5, 5.41) is 6.10. The molecule has 4 amide bonds. The van der Waals surface area contributed by atoms with Crippen molar-refractivity contribution in [1.82, 2.24) is 15.5 Å². The highest BCUT2D eigenvalue weighted by atomic mass is 35.5. The Balaban J connectivity index is 1.58. The smallest absolute Gasteiger partial charge is 0.325 e. The molecule has 1 saturated heterocycles. The van der Waals surface area contributed by atoms with Crippen molar-refractivity contribution in [3.8, 4) is 0 Å². The topological polar surface area (TPSA) is 78.5 Å². The molecule has 3 rings (SSSR count). The first-order valence-corrected chi connectivity index (χ1v) is 8.53. The number of benzene rings is 1. The molecule has 0 unspecified atom stereocenters. The number of rotatable bonds is 4. The van der Waals surface area contributed by atoms with E-state index in [-0.39, 0.29) is 18.4 Å². The fourth-order valence-electron chi connectivity index (χ4n) is 3.36. The number of halogens is 1. The maximum Gasteiger partial charge on any atom is 0.325 e. The molecule has 1 spiro atoms. The SMILES string of the molecule is O=C(CN1C(=O)NC2(CCCCC2)C1=O)NCc1cccc(Cl)c1. The number of hydrogen-bond donors (Lipinski definition) is 2. The molecule has 1 aromatic carbocycles. The van der Waals surface area contributed by atoms with Crippen molar-refractivity contribution in [2.45, 2.75) is 44.2 Å². The summed E-state index contributed by atoms with van der Waals surface area (Å²) in [6.45, 7) is 0.0428. The first kappa shape index (κ1) is 16.8. The van der Waals surface area contributed by atoms with Gasteiger partial charge < -0.3 is 10.6 Å². The van der Waals surface area contributed by atoms with E-state index in [1.807, 2.05) is 6.07 Å². The van der Waals surface area contributed by atoms with Gasteiger partial charge in [0.05, 0.1) is 0 Å². The zero-order valence-corrected chi connectivity index (χ0v) is 14.1. The number of imide groups is 1. The minimum absolute atomic E-state index is 0.257. The van der Waals surface area contributed by atoms with Crippen molar-refractivity contribution in [3.05, 3.63) is 34.9 Å². The lowest BCUT2D eigenvalue weighted by molar-refractivity contribution is -0.135. The highest BCUT2D eigenvalue weighted by molar-refractivity contribution is 6.30. The molecule has 7 heteroatoms. The second kappa shape index (κ2) is 6.81. The van der Waals surface area contributed by atoms with E-state index in [9.17, 15) is 14.4 Å². The van der Waals surface area contributed by atoms with Crippen molar-refractivity contribution < 1.29 is 14.4 Å². The predicted molar refractivity (Wildman–Crippen MR) is 89.4 cm³/mol. The third-order valence-corrected chi connectivity index (χ3v) is 4.87. The van der Waals surface area contributed by atoms with Crippen LogP contribution in [0.25, 0.3) is 0 Å². The van der Waals surface area contributed by atoms with Crippen LogP contribution in [0.1, 0.15) is 37.7 Å². The second-order valence-corrected chi connectivity index (χ2v) is 6.81. The van der Waals surface area contributed by atoms with Gasteiger partial charge in [-0.1, -0.05) is 43.0 Å². The third kappa shape index (κ3) is 3.38. The number of carbonyl (C=O) groups is 3. The van der Waals surface area contributed by atoms with Crippen LogP contribution in [0.15, 0.2) is 24.3 Å². The van der Waals surface area contributed by atoms with Crippen LogP contribution in [0.3, 0.4) is 0 Å². The van der Waals surface area contributed by atoms with Gasteiger partial charge >= 0.3 is 6.03 Å². The first-order chi connectivity index (χ1) is 11.5. The van der Waals surface area contributed by atoms with Gasteiger partial charge in [-0.05, 0) is 30.5 Å². The zero-order chi connectivity index (χ0) is 17.2. The normalized spacial score (nSPS) is 19.5. The standard InChI is InChI=1S/C17H20ClN3O3/c18-13-6-4-5-12(9-13)10-19-14(22)11-21-15(23)17(20-16(21)24)7-2-1-3-8-17/h4-6,9H,1-3,7-8,10-11H2,(H,19,22)(H,20,24). The van der Waals surface area contributed by atoms with E-state index in [0.29, 0.717) is 24.4 Å². The maximum absolute atomic E-state index is 12.6. The van der Waals surface area contributed by atoms with Gasteiger partial charge in [0.25, 0.3) is 5.91 Å². The molecule has 2 aliphatic rings. The van der Waals surface area contributed by atoms with Crippen molar-refractivity contribution in [2.24, 2.45) is 0 Å². The Labute approximate surface area is 145 Å². The Morgan fingerprint density at radius 1 is 1.25 bits per heavy atom. The molecule has 1 aromatic rings. The minimum Gasteiger partial charge on any atom is -0.350 e. The Kier molecular flexibility index (Phi) is 4.76. The van der Waals surface area contributed by atoms with E-state index in [4.69, 9.17) is 11.6 Å². The average molecular weight is 350 g/mol. The molecule has 0 bridgehead atoms. The number of urea groups is 1. The molecule has 1 aliphatic heterocycles. The molecular formula is C17H20ClN3O3. The molecule has 0 atom stereocenters. The monoisotopic (exact) mass is 349 g/mol. The van der Waals surface area contributed by atoms with E-state index < -0.39 is 11.6 Å². The van der Waals surface area contributed by atoms with Gasteiger partial charge in [-0.2, -0.15) is 0 Å². The fraction of sp³-hybridized carbons (Fsp3) is 0.471. The average Bonchev–Trinajstić information content (AvgIpc) is 2.78. The number of amides is 4. The van der Waals surface area contributed by atoms with Crippen molar-refractivity contribution in [3.63, 3.8) is 0 Å². The molecule has 24 heavy (non-hydrogen) atoms. The number of hydrogen-bond acceptors (Lipinski definition) is 3. The summed E-state index contributed by atoms with van der Waals surface area (Å²) >= 11 is 5.90. The lowest BCUT2D eigenvalue weighted by Gasteiger charge is -2.30. The van der Waals surface area contributed by atoms with Crippen LogP contribution in [0.5, 0.6) is 0 Å². The molecule has 1 heterocycles. The van der Waals surface area contributed by atoms with Gasteiger partial charge in [0.2, 0.25) is 5.91 Å². The summed E-state index contributed by atoms with van der Waals surface area (Å²) in [5.41, 5.74) is 0.0690. The highest BCUT2D eigenvalue weighted by Gasteiger charge is 2.51. The zero-order valence-electron chi connectivity index (χ0n) is 13.3. The van der Waals surface area contributed by atoms with Gasteiger partial charge in [-0.25, -0.2) is 4.79 Å². The molecule has 128 valence electrons. The van der Waals surface area contributed by atoms with Crippen molar-refractivity contribution >= 4 is 29.4 Å². The van der Waals surface area contributed by atoms with Crippen molar-refractivity contribution in [2.75, 3.05) is 6.54 Å². The van der Waals surface area contributed by atoms with Crippen LogP contribution in [-0.2, 0) is 16.1 Å². The number of nitrogens with zero attached hydrogens (tertiary/aromatic N) is 1. The summed E-state index contributed by atoms with van der Waals surface area (Å²) < 4.78 is 0. The first-order valence-electron chi connectivity index (χ1n) is 8.15. The number of nitrogens with one attached hydrogen (secondary N) is 2. The molecular weight excluding hydrogens is 330 g/mol. The fourth-order valence-corrected chi connectivity index (χ4v) is 3.57. The molecule has 0 aromatic heterocycles. The third-order valence-electron chi connectivity index (χ3n) is 4.63. The molecule has 2 fully saturated rings. The Morgan fingerprint density at radius 3 is 2.71 bits per heavy atom. The summed E-state index contributed by atoms with van der Waals surface area (Å²) in [5.74, 6) is -0.642. The van der Waals surface area contributed by atoms with Crippen LogP contribution < -0.4 is 10.6 Å². The van der Waals surface area contributed by atoms with E-state index in [1.165, 1.54) is 0 Å². The van der Waals surface area contributed by atoms with Gasteiger partial charge in [0.1, 0.15) is 12.1 Å². The van der Waals surface area contributed by atoms with Crippen molar-refractivity contribution in [1.29, 1.82) is 0 Å². The minimum atomic E-state index is -0.789. The van der Waals surface area contributed by atoms with E-state index >= 15 is 0 Å². The van der Waals surface area contributed by atoms with Crippen LogP contribution in [-0.4, -0.2) is 34.8 Å². The summed E-state index contributed by atoms with van der Waals surface area (Å²) in [7, 11) is 0. The van der Waals surface area contributed by atoms with Crippen LogP contribution >= 0.6 is 11.6 Å². The van der Waals surface area contributed by atoms with Crippen LogP contribution in [0, 0.1) is 0 Å². The van der Waals surface area contributed by atoms with E-state index in [0.717, 1.165) is 29.7 Å². The predicted octanol–water partition coefficient (Wildman–Crippen LogP) is 2.21. The van der Waals surface area contributed by atoms with Gasteiger partial charge in [0, 0.05) is 11.6 Å². The lowest BCUT2D eigenvalue weighted by Crippen LogP contribution is -2.49. The molecule has 2 N–H and O–H groups in total. The Morgan fingerprint density at radius 2 is 2.00 bits per heavy atom.